The highest BCUT2D eigenvalue weighted by Gasteiger charge is 2.57. The van der Waals surface area contributed by atoms with E-state index in [2.05, 4.69) is 19.7 Å². The van der Waals surface area contributed by atoms with Gasteiger partial charge in [0.15, 0.2) is 5.16 Å². The summed E-state index contributed by atoms with van der Waals surface area (Å²) in [7, 11) is 2.04. The van der Waals surface area contributed by atoms with E-state index in [0.29, 0.717) is 11.8 Å². The van der Waals surface area contributed by atoms with Gasteiger partial charge in [0.05, 0.1) is 5.56 Å². The average Bonchev–Trinajstić information content (AvgIpc) is 3.20. The molecule has 0 unspecified atom stereocenters. The van der Waals surface area contributed by atoms with E-state index in [9.17, 15) is 18.0 Å². The van der Waals surface area contributed by atoms with Crippen molar-refractivity contribution >= 4 is 17.7 Å². The summed E-state index contributed by atoms with van der Waals surface area (Å²) in [5.41, 5.74) is 0.731. The number of piperidine rings is 1. The lowest BCUT2D eigenvalue weighted by Crippen LogP contribution is -2.36. The third-order valence-corrected chi connectivity index (χ3v) is 9.42. The van der Waals surface area contributed by atoms with Crippen LogP contribution in [0, 0.1) is 5.41 Å². The van der Waals surface area contributed by atoms with Gasteiger partial charge in [0.2, 0.25) is 5.91 Å². The lowest BCUT2D eigenvalue weighted by atomic mass is 9.96. The third-order valence-electron chi connectivity index (χ3n) is 8.32. The fourth-order valence-electron chi connectivity index (χ4n) is 6.06. The molecule has 1 spiro atoms. The van der Waals surface area contributed by atoms with Gasteiger partial charge in [-0.05, 0) is 74.2 Å². The highest BCUT2D eigenvalue weighted by Crippen LogP contribution is 2.64. The van der Waals surface area contributed by atoms with Gasteiger partial charge in [-0.3, -0.25) is 4.79 Å². The Kier molecular flexibility index (Phi) is 7.11. The van der Waals surface area contributed by atoms with E-state index in [4.69, 9.17) is 0 Å². The van der Waals surface area contributed by atoms with Crippen molar-refractivity contribution in [2.24, 2.45) is 12.5 Å². The Morgan fingerprint density at radius 2 is 1.86 bits per heavy atom. The van der Waals surface area contributed by atoms with E-state index in [1.807, 2.05) is 11.9 Å². The molecule has 3 heterocycles. The van der Waals surface area contributed by atoms with Crippen LogP contribution in [0.3, 0.4) is 0 Å². The Labute approximate surface area is 214 Å². The monoisotopic (exact) mass is 521 g/mol. The Bertz CT molecular complexity index is 1080. The van der Waals surface area contributed by atoms with Crippen molar-refractivity contribution in [1.29, 1.82) is 0 Å². The Morgan fingerprint density at radius 1 is 1.14 bits per heavy atom. The molecule has 3 aliphatic rings. The van der Waals surface area contributed by atoms with Crippen LogP contribution in [0.2, 0.25) is 0 Å². The number of carbonyl (C=O) groups excluding carboxylic acids is 1. The van der Waals surface area contributed by atoms with Crippen molar-refractivity contribution < 1.29 is 18.0 Å². The number of aromatic nitrogens is 3. The summed E-state index contributed by atoms with van der Waals surface area (Å²) < 4.78 is 40.7. The number of amides is 1. The molecule has 36 heavy (non-hydrogen) atoms. The number of nitrogens with zero attached hydrogens (tertiary/aromatic N) is 5. The van der Waals surface area contributed by atoms with E-state index in [0.717, 1.165) is 87.1 Å². The Balaban J connectivity index is 1.05. The number of alkyl halides is 3. The second-order valence-electron chi connectivity index (χ2n) is 10.6. The molecule has 0 bridgehead atoms. The topological polar surface area (TPSA) is 54.3 Å². The van der Waals surface area contributed by atoms with Crippen LogP contribution in [0.25, 0.3) is 0 Å². The van der Waals surface area contributed by atoms with Crippen LogP contribution >= 0.6 is 11.8 Å². The van der Waals surface area contributed by atoms with Crippen LogP contribution in [0.4, 0.5) is 13.2 Å². The second-order valence-corrected chi connectivity index (χ2v) is 11.7. The first kappa shape index (κ1) is 25.6. The Hall–Kier alpha value is -2.07. The fourth-order valence-corrected chi connectivity index (χ4v) is 6.90. The minimum atomic E-state index is -4.28. The number of hydrogen-bond acceptors (Lipinski definition) is 5. The number of likely N-dealkylation sites (tertiary alicyclic amines) is 2. The molecule has 0 radical (unpaired) electrons. The standard InChI is InChI=1S/C26H34F3N5OS/c1-18(35)34-12-8-20(9-13-34)23-30-31-24(32(23)2)36-15-3-11-33-14-10-25(17-33)16-22(25)19-4-6-21(7-5-19)26(27,28)29/h4-7,20,22H,3,8-17H2,1-2H3/t22-,25+/m1/s1. The smallest absolute Gasteiger partial charge is 0.343 e. The lowest BCUT2D eigenvalue weighted by Gasteiger charge is -2.30. The number of rotatable bonds is 7. The van der Waals surface area contributed by atoms with Gasteiger partial charge in [-0.2, -0.15) is 13.2 Å². The van der Waals surface area contributed by atoms with Gasteiger partial charge in [-0.1, -0.05) is 23.9 Å². The number of thioether (sulfide) groups is 1. The molecular weight excluding hydrogens is 487 g/mol. The molecule has 0 N–H and O–H groups in total. The third kappa shape index (κ3) is 5.30. The van der Waals surface area contributed by atoms with Gasteiger partial charge in [0.1, 0.15) is 5.82 Å². The van der Waals surface area contributed by atoms with Crippen LogP contribution in [0.15, 0.2) is 29.4 Å². The molecule has 2 atom stereocenters. The summed E-state index contributed by atoms with van der Waals surface area (Å²) in [5, 5.41) is 9.83. The predicted molar refractivity (Wildman–Crippen MR) is 133 cm³/mol. The average molecular weight is 522 g/mol. The molecule has 2 aromatic rings. The molecule has 1 aliphatic carbocycles. The van der Waals surface area contributed by atoms with E-state index < -0.39 is 11.7 Å². The summed E-state index contributed by atoms with van der Waals surface area (Å²) in [6, 6.07) is 5.78. The molecule has 5 rings (SSSR count). The molecule has 1 aromatic carbocycles. The molecule has 3 fully saturated rings. The van der Waals surface area contributed by atoms with Crippen LogP contribution in [0.1, 0.15) is 67.8 Å². The molecule has 1 saturated carbocycles. The normalized spacial score (nSPS) is 25.1. The summed E-state index contributed by atoms with van der Waals surface area (Å²) in [5.74, 6) is 2.87. The maximum absolute atomic E-state index is 12.9. The molecule has 2 saturated heterocycles. The van der Waals surface area contributed by atoms with E-state index >= 15 is 0 Å². The van der Waals surface area contributed by atoms with Gasteiger partial charge in [-0.15, -0.1) is 10.2 Å². The molecular formula is C26H34F3N5OS. The summed E-state index contributed by atoms with van der Waals surface area (Å²) in [4.78, 5) is 16.0. The molecule has 10 heteroatoms. The molecule has 1 aromatic heterocycles. The highest BCUT2D eigenvalue weighted by molar-refractivity contribution is 7.99. The zero-order valence-electron chi connectivity index (χ0n) is 20.9. The Morgan fingerprint density at radius 3 is 2.53 bits per heavy atom. The highest BCUT2D eigenvalue weighted by atomic mass is 32.2. The van der Waals surface area contributed by atoms with Gasteiger partial charge in [0.25, 0.3) is 0 Å². The summed E-state index contributed by atoms with van der Waals surface area (Å²) >= 11 is 1.74. The van der Waals surface area contributed by atoms with Crippen molar-refractivity contribution in [3.05, 3.63) is 41.2 Å². The number of halogens is 3. The van der Waals surface area contributed by atoms with E-state index in [-0.39, 0.29) is 11.3 Å². The SMILES string of the molecule is CC(=O)N1CCC(c2nnc(SCCCN3CC[C@]4(C[C@@H]4c4ccc(C(F)(F)F)cc4)C3)n2C)CC1. The zero-order chi connectivity index (χ0) is 25.5. The van der Waals surface area contributed by atoms with Crippen LogP contribution in [0.5, 0.6) is 0 Å². The number of carbonyl (C=O) groups is 1. The first-order valence-corrected chi connectivity index (χ1v) is 13.8. The molecule has 2 aliphatic heterocycles. The lowest BCUT2D eigenvalue weighted by molar-refractivity contribution is -0.137. The fraction of sp³-hybridized carbons (Fsp3) is 0.654. The second kappa shape index (κ2) is 10.0. The van der Waals surface area contributed by atoms with Crippen LogP contribution < -0.4 is 0 Å². The quantitative estimate of drug-likeness (QED) is 0.382. The minimum absolute atomic E-state index is 0.142. The zero-order valence-corrected chi connectivity index (χ0v) is 21.7. The van der Waals surface area contributed by atoms with E-state index in [1.54, 1.807) is 30.8 Å². The van der Waals surface area contributed by atoms with Crippen molar-refractivity contribution in [2.75, 3.05) is 38.5 Å². The van der Waals surface area contributed by atoms with Gasteiger partial charge < -0.3 is 14.4 Å². The molecule has 196 valence electrons. The first-order valence-electron chi connectivity index (χ1n) is 12.8. The van der Waals surface area contributed by atoms with Crippen molar-refractivity contribution in [1.82, 2.24) is 24.6 Å². The van der Waals surface area contributed by atoms with Crippen molar-refractivity contribution in [3.8, 4) is 0 Å². The number of benzene rings is 1. The predicted octanol–water partition coefficient (Wildman–Crippen LogP) is 4.92. The van der Waals surface area contributed by atoms with Gasteiger partial charge in [0, 0.05) is 45.3 Å². The van der Waals surface area contributed by atoms with Gasteiger partial charge >= 0.3 is 6.18 Å². The van der Waals surface area contributed by atoms with Crippen molar-refractivity contribution in [3.63, 3.8) is 0 Å². The first-order chi connectivity index (χ1) is 17.2. The molecule has 1 amide bonds. The van der Waals surface area contributed by atoms with E-state index in [1.165, 1.54) is 12.1 Å². The van der Waals surface area contributed by atoms with Crippen LogP contribution in [-0.2, 0) is 18.0 Å². The van der Waals surface area contributed by atoms with Crippen LogP contribution in [-0.4, -0.2) is 68.9 Å². The maximum atomic E-state index is 12.9. The summed E-state index contributed by atoms with van der Waals surface area (Å²) in [6.07, 6.45) is 0.853. The van der Waals surface area contributed by atoms with Gasteiger partial charge in [-0.25, -0.2) is 0 Å². The summed E-state index contributed by atoms with van der Waals surface area (Å²) in [6.45, 7) is 6.33. The molecule has 6 nitrogen and oxygen atoms in total. The van der Waals surface area contributed by atoms with Crippen molar-refractivity contribution in [2.45, 2.75) is 62.2 Å². The maximum Gasteiger partial charge on any atom is 0.416 e. The number of hydrogen-bond donors (Lipinski definition) is 0. The largest absolute Gasteiger partial charge is 0.416 e. The minimum Gasteiger partial charge on any atom is -0.343 e.